The van der Waals surface area contributed by atoms with Crippen molar-refractivity contribution in [2.75, 3.05) is 6.54 Å². The van der Waals surface area contributed by atoms with Crippen molar-refractivity contribution < 1.29 is 0 Å². The summed E-state index contributed by atoms with van der Waals surface area (Å²) in [4.78, 5) is 1.39. The van der Waals surface area contributed by atoms with E-state index >= 15 is 0 Å². The van der Waals surface area contributed by atoms with E-state index in [4.69, 9.17) is 0 Å². The van der Waals surface area contributed by atoms with E-state index in [1.165, 1.54) is 19.8 Å². The number of hydrogen-bond donors (Lipinski definition) is 1. The first-order valence-electron chi connectivity index (χ1n) is 7.48. The van der Waals surface area contributed by atoms with Gasteiger partial charge in [-0.1, -0.05) is 52.0 Å². The fourth-order valence-electron chi connectivity index (χ4n) is 2.41. The maximum absolute atomic E-state index is 3.60. The van der Waals surface area contributed by atoms with Gasteiger partial charge in [-0.05, 0) is 57.6 Å². The van der Waals surface area contributed by atoms with Gasteiger partial charge in [0.05, 0.1) is 3.79 Å². The van der Waals surface area contributed by atoms with Gasteiger partial charge in [-0.25, -0.2) is 0 Å². The summed E-state index contributed by atoms with van der Waals surface area (Å²) in [7, 11) is 0. The second-order valence-electron chi connectivity index (χ2n) is 6.40. The molecule has 0 aliphatic rings. The molecule has 1 heterocycles. The van der Waals surface area contributed by atoms with Crippen LogP contribution in [0.4, 0.5) is 0 Å². The van der Waals surface area contributed by atoms with Crippen molar-refractivity contribution in [1.29, 1.82) is 0 Å². The van der Waals surface area contributed by atoms with Gasteiger partial charge >= 0.3 is 0 Å². The van der Waals surface area contributed by atoms with E-state index in [-0.39, 0.29) is 5.41 Å². The monoisotopic (exact) mass is 365 g/mol. The minimum atomic E-state index is 0.220. The Hall–Kier alpha value is -0.640. The van der Waals surface area contributed by atoms with Crippen molar-refractivity contribution in [3.8, 4) is 0 Å². The van der Waals surface area contributed by atoms with E-state index in [1.54, 1.807) is 0 Å². The van der Waals surface area contributed by atoms with E-state index in [0.29, 0.717) is 6.04 Å². The summed E-state index contributed by atoms with van der Waals surface area (Å²) in [5.41, 5.74) is 3.00. The van der Waals surface area contributed by atoms with Gasteiger partial charge < -0.3 is 5.32 Å². The molecular weight excluding hydrogens is 342 g/mol. The number of rotatable bonds is 5. The molecule has 0 aliphatic carbocycles. The fourth-order valence-corrected chi connectivity index (χ4v) is 3.91. The molecule has 0 saturated heterocycles. The smallest absolute Gasteiger partial charge is 0.0701 e. The highest BCUT2D eigenvalue weighted by atomic mass is 79.9. The molecular formula is C18H24BrNS. The minimum Gasteiger partial charge on any atom is -0.309 e. The standard InChI is InChI=1S/C18H24BrNS/c1-5-20-15(16-10-11-17(19)21-16)12-13-6-8-14(9-7-13)18(2,3)4/h6-11,15,20H,5,12H2,1-4H3. The zero-order valence-corrected chi connectivity index (χ0v) is 15.6. The Morgan fingerprint density at radius 3 is 2.24 bits per heavy atom. The summed E-state index contributed by atoms with van der Waals surface area (Å²) in [5, 5.41) is 3.60. The first-order chi connectivity index (χ1) is 9.90. The van der Waals surface area contributed by atoms with Crippen LogP contribution < -0.4 is 5.32 Å². The molecule has 1 unspecified atom stereocenters. The van der Waals surface area contributed by atoms with Crippen molar-refractivity contribution in [2.24, 2.45) is 0 Å². The number of thiophene rings is 1. The number of likely N-dealkylation sites (N-methyl/N-ethyl adjacent to an activating group) is 1. The van der Waals surface area contributed by atoms with Gasteiger partial charge in [0.2, 0.25) is 0 Å². The molecule has 0 aliphatic heterocycles. The first kappa shape index (κ1) is 16.7. The van der Waals surface area contributed by atoms with Crippen LogP contribution >= 0.6 is 27.3 Å². The van der Waals surface area contributed by atoms with Gasteiger partial charge in [-0.3, -0.25) is 0 Å². The minimum absolute atomic E-state index is 0.220. The molecule has 114 valence electrons. The fraction of sp³-hybridized carbons (Fsp3) is 0.444. The summed E-state index contributed by atoms with van der Waals surface area (Å²) in [6.45, 7) is 9.92. The highest BCUT2D eigenvalue weighted by Gasteiger charge is 2.15. The second-order valence-corrected chi connectivity index (χ2v) is 8.90. The van der Waals surface area contributed by atoms with Crippen LogP contribution in [-0.2, 0) is 11.8 Å². The molecule has 1 atom stereocenters. The molecule has 1 aromatic carbocycles. The predicted molar refractivity (Wildman–Crippen MR) is 97.3 cm³/mol. The zero-order chi connectivity index (χ0) is 15.5. The van der Waals surface area contributed by atoms with Crippen molar-refractivity contribution in [2.45, 2.75) is 45.6 Å². The molecule has 3 heteroatoms. The Morgan fingerprint density at radius 2 is 1.76 bits per heavy atom. The maximum Gasteiger partial charge on any atom is 0.0701 e. The first-order valence-corrected chi connectivity index (χ1v) is 9.09. The lowest BCUT2D eigenvalue weighted by Gasteiger charge is -2.20. The third-order valence-electron chi connectivity index (χ3n) is 3.65. The molecule has 0 saturated carbocycles. The summed E-state index contributed by atoms with van der Waals surface area (Å²) in [6.07, 6.45) is 1.03. The Kier molecular flexibility index (Phi) is 5.64. The topological polar surface area (TPSA) is 12.0 Å². The lowest BCUT2D eigenvalue weighted by atomic mass is 9.86. The molecule has 2 rings (SSSR count). The van der Waals surface area contributed by atoms with E-state index in [1.807, 2.05) is 11.3 Å². The quantitative estimate of drug-likeness (QED) is 0.716. The van der Waals surface area contributed by atoms with Crippen molar-refractivity contribution in [1.82, 2.24) is 5.32 Å². The van der Waals surface area contributed by atoms with Crippen LogP contribution in [0.25, 0.3) is 0 Å². The molecule has 1 nitrogen and oxygen atoms in total. The molecule has 0 spiro atoms. The van der Waals surface area contributed by atoms with Crippen LogP contribution in [0, 0.1) is 0 Å². The third kappa shape index (κ3) is 4.67. The van der Waals surface area contributed by atoms with Crippen LogP contribution in [0.3, 0.4) is 0 Å². The van der Waals surface area contributed by atoms with E-state index in [2.05, 4.69) is 85.3 Å². The zero-order valence-electron chi connectivity index (χ0n) is 13.2. The molecule has 0 amide bonds. The lowest BCUT2D eigenvalue weighted by Crippen LogP contribution is -2.22. The average molecular weight is 366 g/mol. The molecule has 2 aromatic rings. The molecule has 1 N–H and O–H groups in total. The van der Waals surface area contributed by atoms with Crippen LogP contribution in [0.1, 0.15) is 49.7 Å². The molecule has 0 bridgehead atoms. The summed E-state index contributed by atoms with van der Waals surface area (Å²) in [6, 6.07) is 13.8. The van der Waals surface area contributed by atoms with E-state index in [0.717, 1.165) is 13.0 Å². The van der Waals surface area contributed by atoms with Gasteiger partial charge in [-0.15, -0.1) is 11.3 Å². The number of nitrogens with one attached hydrogen (secondary N) is 1. The van der Waals surface area contributed by atoms with E-state index in [9.17, 15) is 0 Å². The lowest BCUT2D eigenvalue weighted by molar-refractivity contribution is 0.557. The second kappa shape index (κ2) is 7.08. The summed E-state index contributed by atoms with van der Waals surface area (Å²) < 4.78 is 1.20. The van der Waals surface area contributed by atoms with Crippen LogP contribution in [-0.4, -0.2) is 6.54 Å². The summed E-state index contributed by atoms with van der Waals surface area (Å²) >= 11 is 5.38. The average Bonchev–Trinajstić information content (AvgIpc) is 2.84. The molecule has 0 radical (unpaired) electrons. The number of halogens is 1. The van der Waals surface area contributed by atoms with Gasteiger partial charge in [0, 0.05) is 10.9 Å². The molecule has 1 aromatic heterocycles. The Labute approximate surface area is 140 Å². The Bertz CT molecular complexity index is 566. The third-order valence-corrected chi connectivity index (χ3v) is 5.39. The van der Waals surface area contributed by atoms with Gasteiger partial charge in [0.1, 0.15) is 0 Å². The van der Waals surface area contributed by atoms with Crippen molar-refractivity contribution in [3.63, 3.8) is 0 Å². The highest BCUT2D eigenvalue weighted by Crippen LogP contribution is 2.30. The van der Waals surface area contributed by atoms with Crippen LogP contribution in [0.15, 0.2) is 40.2 Å². The van der Waals surface area contributed by atoms with E-state index < -0.39 is 0 Å². The number of hydrogen-bond acceptors (Lipinski definition) is 2. The normalized spacial score (nSPS) is 13.4. The molecule has 21 heavy (non-hydrogen) atoms. The van der Waals surface area contributed by atoms with Crippen molar-refractivity contribution >= 4 is 27.3 Å². The Balaban J connectivity index is 2.14. The number of benzene rings is 1. The highest BCUT2D eigenvalue weighted by molar-refractivity contribution is 9.11. The van der Waals surface area contributed by atoms with Crippen LogP contribution in [0.2, 0.25) is 0 Å². The van der Waals surface area contributed by atoms with Crippen molar-refractivity contribution in [3.05, 3.63) is 56.2 Å². The van der Waals surface area contributed by atoms with Crippen LogP contribution in [0.5, 0.6) is 0 Å². The van der Waals surface area contributed by atoms with Gasteiger partial charge in [-0.2, -0.15) is 0 Å². The summed E-state index contributed by atoms with van der Waals surface area (Å²) in [5.74, 6) is 0. The molecule has 0 fully saturated rings. The van der Waals surface area contributed by atoms with Gasteiger partial charge in [0.25, 0.3) is 0 Å². The predicted octanol–water partition coefficient (Wildman–Crippen LogP) is 5.70. The SMILES string of the molecule is CCNC(Cc1ccc(C(C)(C)C)cc1)c1ccc(Br)s1. The Morgan fingerprint density at radius 1 is 1.10 bits per heavy atom. The maximum atomic E-state index is 3.60. The largest absolute Gasteiger partial charge is 0.309 e. The van der Waals surface area contributed by atoms with Gasteiger partial charge in [0.15, 0.2) is 0 Å².